The molecule has 0 radical (unpaired) electrons. The zero-order chi connectivity index (χ0) is 12.0. The Balaban J connectivity index is 2.65. The fraction of sp³-hybridized carbons (Fsp3) is 0.111. The molecule has 0 amide bonds. The Kier molecular flexibility index (Phi) is 3.80. The van der Waals surface area contributed by atoms with E-state index in [0.29, 0.717) is 5.69 Å². The monoisotopic (exact) mass is 221 g/mol. The molecule has 0 unspecified atom stereocenters. The molecule has 0 aliphatic carbocycles. The molecular weight excluding hydrogens is 214 g/mol. The van der Waals surface area contributed by atoms with Crippen LogP contribution in [-0.2, 0) is 9.53 Å². The van der Waals surface area contributed by atoms with Crippen molar-refractivity contribution in [2.24, 2.45) is 0 Å². The first-order chi connectivity index (χ1) is 7.63. The Labute approximate surface area is 90.6 Å². The highest BCUT2D eigenvalue weighted by atomic mass is 16.6. The fourth-order valence-electron chi connectivity index (χ4n) is 0.810. The van der Waals surface area contributed by atoms with Crippen LogP contribution in [0.15, 0.2) is 24.3 Å². The van der Waals surface area contributed by atoms with Gasteiger partial charge in [-0.1, -0.05) is 22.8 Å². The number of methoxy groups -OCH3 is 1. The van der Waals surface area contributed by atoms with Gasteiger partial charge in [0.2, 0.25) is 0 Å². The molecular formula is C9H7N3O4. The molecule has 0 spiro atoms. The van der Waals surface area contributed by atoms with Gasteiger partial charge in [-0.25, -0.2) is 4.79 Å². The van der Waals surface area contributed by atoms with Crippen LogP contribution in [-0.4, -0.2) is 18.0 Å². The van der Waals surface area contributed by atoms with Crippen molar-refractivity contribution in [3.05, 3.63) is 44.8 Å². The van der Waals surface area contributed by atoms with E-state index in [0.717, 1.165) is 0 Å². The van der Waals surface area contributed by atoms with E-state index in [1.807, 2.05) is 6.07 Å². The Morgan fingerprint density at radius 3 is 2.62 bits per heavy atom. The highest BCUT2D eigenvalue weighted by Gasteiger charge is 2.02. The average molecular weight is 221 g/mol. The third kappa shape index (κ3) is 3.26. The minimum absolute atomic E-state index is 0.0418. The number of nitro groups is 1. The summed E-state index contributed by atoms with van der Waals surface area (Å²) in [6.45, 7) is 0. The molecule has 1 rings (SSSR count). The Morgan fingerprint density at radius 1 is 1.50 bits per heavy atom. The molecule has 0 atom stereocenters. The zero-order valence-corrected chi connectivity index (χ0v) is 8.28. The van der Waals surface area contributed by atoms with Crippen LogP contribution >= 0.6 is 0 Å². The highest BCUT2D eigenvalue weighted by molar-refractivity contribution is 5.87. The van der Waals surface area contributed by atoms with Crippen molar-refractivity contribution in [2.75, 3.05) is 7.11 Å². The van der Waals surface area contributed by atoms with Crippen LogP contribution in [0.3, 0.4) is 0 Å². The molecule has 0 saturated heterocycles. The van der Waals surface area contributed by atoms with Gasteiger partial charge in [0.25, 0.3) is 5.69 Å². The fourth-order valence-corrected chi connectivity index (χ4v) is 0.810. The summed E-state index contributed by atoms with van der Waals surface area (Å²) in [5.41, 5.74) is 3.92. The number of rotatable bonds is 2. The summed E-state index contributed by atoms with van der Waals surface area (Å²) >= 11 is 0. The lowest BCUT2D eigenvalue weighted by Crippen LogP contribution is -1.93. The van der Waals surface area contributed by atoms with E-state index in [4.69, 9.17) is 0 Å². The second kappa shape index (κ2) is 5.31. The molecule has 0 fully saturated rings. The third-order valence-corrected chi connectivity index (χ3v) is 1.55. The second-order valence-electron chi connectivity index (χ2n) is 2.58. The van der Waals surface area contributed by atoms with Crippen molar-refractivity contribution in [3.63, 3.8) is 0 Å². The molecule has 1 aromatic carbocycles. The molecule has 0 aromatic heterocycles. The third-order valence-electron chi connectivity index (χ3n) is 1.55. The Hall–Kier alpha value is -2.62. The van der Waals surface area contributed by atoms with Crippen molar-refractivity contribution in [1.29, 1.82) is 0 Å². The van der Waals surface area contributed by atoms with Crippen LogP contribution in [0.25, 0.3) is 10.4 Å². The van der Waals surface area contributed by atoms with Crippen molar-refractivity contribution < 1.29 is 14.5 Å². The number of benzene rings is 1. The van der Waals surface area contributed by atoms with Gasteiger partial charge in [0.15, 0.2) is 0 Å². The minimum Gasteiger partial charge on any atom is -0.455 e. The van der Waals surface area contributed by atoms with Crippen LogP contribution < -0.4 is 0 Å². The van der Waals surface area contributed by atoms with Crippen LogP contribution in [0.2, 0.25) is 0 Å². The second-order valence-corrected chi connectivity index (χ2v) is 2.58. The van der Waals surface area contributed by atoms with E-state index < -0.39 is 10.9 Å². The van der Waals surface area contributed by atoms with E-state index >= 15 is 0 Å². The summed E-state index contributed by atoms with van der Waals surface area (Å²) in [5, 5.41) is 10.3. The Bertz CT molecular complexity index is 458. The lowest BCUT2D eigenvalue weighted by atomic mass is 10.3. The van der Waals surface area contributed by atoms with E-state index in [-0.39, 0.29) is 5.69 Å². The molecule has 0 N–H and O–H groups in total. The first-order valence-electron chi connectivity index (χ1n) is 4.12. The average Bonchev–Trinajstić information content (AvgIpc) is 2.29. The molecule has 7 heteroatoms. The lowest BCUT2D eigenvalue weighted by molar-refractivity contribution is -0.384. The molecule has 0 bridgehead atoms. The molecule has 1 aromatic rings. The number of nitro benzene ring substituents is 1. The quantitative estimate of drug-likeness (QED) is 0.330. The van der Waals surface area contributed by atoms with Crippen molar-refractivity contribution in [2.45, 2.75) is 0 Å². The Morgan fingerprint density at radius 2 is 2.12 bits per heavy atom. The van der Waals surface area contributed by atoms with Gasteiger partial charge in [-0.15, -0.1) is 0 Å². The maximum Gasteiger partial charge on any atom is 0.459 e. The number of non-ortho nitro benzene ring substituents is 1. The predicted molar refractivity (Wildman–Crippen MR) is 55.4 cm³/mol. The van der Waals surface area contributed by atoms with Crippen molar-refractivity contribution in [1.82, 2.24) is 0 Å². The van der Waals surface area contributed by atoms with E-state index in [2.05, 4.69) is 15.1 Å². The van der Waals surface area contributed by atoms with Gasteiger partial charge in [-0.05, 0) is 0 Å². The molecule has 0 heterocycles. The largest absolute Gasteiger partial charge is 0.459 e. The standard InChI is InChI=1S/C9H7N3O4/c1-16-9(13)6-10-11-7-2-4-8(5-3-7)12(14)15/h2-5H,1H3. The van der Waals surface area contributed by atoms with Gasteiger partial charge >= 0.3 is 12.0 Å². The van der Waals surface area contributed by atoms with E-state index in [9.17, 15) is 14.9 Å². The number of nitrogens with zero attached hydrogens (tertiary/aromatic N) is 3. The number of carbonyl (C=O) groups is 1. The number of ether oxygens (including phenoxy) is 1. The number of hydrogen-bond acceptors (Lipinski definition) is 4. The maximum atomic E-state index is 10.6. The van der Waals surface area contributed by atoms with Crippen LogP contribution in [0.1, 0.15) is 0 Å². The smallest absolute Gasteiger partial charge is 0.455 e. The molecule has 0 aliphatic rings. The van der Waals surface area contributed by atoms with Crippen LogP contribution in [0, 0.1) is 16.2 Å². The summed E-state index contributed by atoms with van der Waals surface area (Å²) < 4.78 is 4.25. The summed E-state index contributed by atoms with van der Waals surface area (Å²) in [4.78, 5) is 23.7. The van der Waals surface area contributed by atoms with Crippen LogP contribution in [0.4, 0.5) is 11.4 Å². The lowest BCUT2D eigenvalue weighted by Gasteiger charge is -1.99. The van der Waals surface area contributed by atoms with Gasteiger partial charge in [-0.3, -0.25) is 15.5 Å². The van der Waals surface area contributed by atoms with Gasteiger partial charge in [-0.2, -0.15) is 0 Å². The topological polar surface area (TPSA) is 87.9 Å². The molecule has 16 heavy (non-hydrogen) atoms. The van der Waals surface area contributed by atoms with Crippen LogP contribution in [0.5, 0.6) is 0 Å². The SMILES string of the molecule is COC(=O)C#[N+][N-]c1ccc([N+](=O)[O-])cc1. The van der Waals surface area contributed by atoms with E-state index in [1.165, 1.54) is 31.4 Å². The molecule has 0 saturated carbocycles. The number of carbonyl (C=O) groups excluding carboxylic acids is 1. The maximum absolute atomic E-state index is 10.6. The predicted octanol–water partition coefficient (Wildman–Crippen LogP) is 2.02. The first-order valence-corrected chi connectivity index (χ1v) is 4.12. The first kappa shape index (κ1) is 11.5. The van der Waals surface area contributed by atoms with Gasteiger partial charge in [0.1, 0.15) is 0 Å². The number of esters is 1. The zero-order valence-electron chi connectivity index (χ0n) is 8.28. The van der Waals surface area contributed by atoms with Crippen molar-refractivity contribution >= 4 is 17.3 Å². The highest BCUT2D eigenvalue weighted by Crippen LogP contribution is 2.21. The summed E-state index contributed by atoms with van der Waals surface area (Å²) in [6.07, 6.45) is 0. The van der Waals surface area contributed by atoms with Gasteiger partial charge in [0, 0.05) is 12.1 Å². The number of hydrogen-bond donors (Lipinski definition) is 0. The van der Waals surface area contributed by atoms with Gasteiger partial charge < -0.3 is 4.74 Å². The summed E-state index contributed by atoms with van der Waals surface area (Å²) in [5.74, 6) is -0.745. The molecule has 82 valence electrons. The molecule has 7 nitrogen and oxygen atoms in total. The summed E-state index contributed by atoms with van der Waals surface area (Å²) in [7, 11) is 1.19. The minimum atomic E-state index is -0.745. The van der Waals surface area contributed by atoms with Crippen molar-refractivity contribution in [3.8, 4) is 6.07 Å². The summed E-state index contributed by atoms with van der Waals surface area (Å²) in [6, 6.07) is 7.36. The van der Waals surface area contributed by atoms with E-state index in [1.54, 1.807) is 0 Å². The van der Waals surface area contributed by atoms with Gasteiger partial charge in [0.05, 0.1) is 12.0 Å². The molecule has 0 aliphatic heterocycles. The normalized spacial score (nSPS) is 8.56.